The molecule has 3 rings (SSSR count). The van der Waals surface area contributed by atoms with Crippen molar-refractivity contribution in [2.24, 2.45) is 17.8 Å². The SMILES string of the molecule is C[C@H]1C(C(O)[C@H](O)CO)O[C@@](OC(CO)[C@@H](O)C2O[C@@](OC(CO)[C@@H](O)C3O[C@@](O)(C(=O)O)C[C@@H](O)[C@H]3C)(C(=O)O)C[C@@H](O)[C@H]2C)(C(=O)O)C[C@H]1O. The standard InChI is InChI=1S/C30H50O22/c1-10-13(34)4-28(47,25(41)42)50-23(10)20(39)17(8-32)48-30(27(45)46)6-15(36)12(3)24(52-30)21(40)18(9-33)49-29(26(43)44)5-14(35)11(2)22(51-29)19(38)16(37)7-31/h10-24,31-40,47H,4-9H2,1-3H3,(H,41,42)(H,43,44)(H,45,46)/t10-,11-,12-,13-,14-,15-,16-,17?,18?,19?,20-,21-,22?,23?,24?,28-,29-,30-/m1/s1. The number of carboxylic acids is 3. The Morgan fingerprint density at radius 2 is 0.942 bits per heavy atom. The molecule has 3 aliphatic heterocycles. The van der Waals surface area contributed by atoms with Crippen molar-refractivity contribution in [1.82, 2.24) is 0 Å². The van der Waals surface area contributed by atoms with Gasteiger partial charge in [-0.3, -0.25) is 0 Å². The predicted octanol–water partition coefficient (Wildman–Crippen LogP) is -6.13. The molecule has 3 aliphatic rings. The largest absolute Gasteiger partial charge is 0.477 e. The van der Waals surface area contributed by atoms with Crippen molar-refractivity contribution >= 4 is 17.9 Å². The lowest BCUT2D eigenvalue weighted by molar-refractivity contribution is -0.362. The Hall–Kier alpha value is -2.23. The van der Waals surface area contributed by atoms with E-state index in [0.29, 0.717) is 0 Å². The number of hydrogen-bond donors (Lipinski definition) is 14. The van der Waals surface area contributed by atoms with Gasteiger partial charge in [0.05, 0.1) is 56.4 Å². The van der Waals surface area contributed by atoms with Crippen molar-refractivity contribution in [3.05, 3.63) is 0 Å². The second-order valence-corrected chi connectivity index (χ2v) is 13.7. The molecular weight excluding hydrogens is 712 g/mol. The van der Waals surface area contributed by atoms with Crippen molar-refractivity contribution < 1.29 is 110 Å². The first kappa shape index (κ1) is 44.2. The van der Waals surface area contributed by atoms with E-state index in [2.05, 4.69) is 0 Å². The monoisotopic (exact) mass is 762 g/mol. The first-order valence-corrected chi connectivity index (χ1v) is 16.5. The lowest BCUT2D eigenvalue weighted by atomic mass is 9.83. The van der Waals surface area contributed by atoms with E-state index in [4.69, 9.17) is 23.7 Å². The predicted molar refractivity (Wildman–Crippen MR) is 162 cm³/mol. The zero-order valence-corrected chi connectivity index (χ0v) is 28.4. The minimum Gasteiger partial charge on any atom is -0.477 e. The Kier molecular flexibility index (Phi) is 14.5. The average molecular weight is 763 g/mol. The minimum atomic E-state index is -3.04. The molecule has 22 nitrogen and oxygen atoms in total. The molecule has 0 aromatic carbocycles. The Labute approximate surface area is 295 Å². The quantitative estimate of drug-likeness (QED) is 0.0695. The average Bonchev–Trinajstić information content (AvgIpc) is 3.09. The summed E-state index contributed by atoms with van der Waals surface area (Å²) < 4.78 is 27.4. The zero-order valence-electron chi connectivity index (χ0n) is 28.4. The van der Waals surface area contributed by atoms with Gasteiger partial charge in [0.15, 0.2) is 0 Å². The zero-order chi connectivity index (χ0) is 39.7. The van der Waals surface area contributed by atoms with Crippen LogP contribution in [-0.4, -0.2) is 200 Å². The summed E-state index contributed by atoms with van der Waals surface area (Å²) in [6.45, 7) is 0.465. The summed E-state index contributed by atoms with van der Waals surface area (Å²) in [6.07, 6.45) is -25.3. The van der Waals surface area contributed by atoms with Crippen LogP contribution in [0.15, 0.2) is 0 Å². The summed E-state index contributed by atoms with van der Waals surface area (Å²) in [6, 6.07) is 0. The Bertz CT molecular complexity index is 1240. The Morgan fingerprint density at radius 3 is 1.27 bits per heavy atom. The molecule has 3 heterocycles. The third-order valence-corrected chi connectivity index (χ3v) is 10.2. The van der Waals surface area contributed by atoms with Crippen molar-refractivity contribution in [3.63, 3.8) is 0 Å². The van der Waals surface area contributed by atoms with E-state index < -0.39 is 165 Å². The van der Waals surface area contributed by atoms with Crippen molar-refractivity contribution in [2.45, 2.75) is 131 Å². The van der Waals surface area contributed by atoms with Crippen LogP contribution in [0, 0.1) is 17.8 Å². The Balaban J connectivity index is 1.94. The van der Waals surface area contributed by atoms with Gasteiger partial charge in [0.2, 0.25) is 0 Å². The van der Waals surface area contributed by atoms with Crippen molar-refractivity contribution in [1.29, 1.82) is 0 Å². The first-order valence-electron chi connectivity index (χ1n) is 16.5. The highest BCUT2D eigenvalue weighted by Crippen LogP contribution is 2.42. The highest BCUT2D eigenvalue weighted by molar-refractivity contribution is 5.77. The molecule has 0 aromatic heterocycles. The van der Waals surface area contributed by atoms with Gasteiger partial charge in [0.25, 0.3) is 17.4 Å². The second-order valence-electron chi connectivity index (χ2n) is 13.7. The van der Waals surface area contributed by atoms with Gasteiger partial charge in [0, 0.05) is 37.0 Å². The number of hydrogen-bond acceptors (Lipinski definition) is 19. The number of ether oxygens (including phenoxy) is 5. The molecule has 52 heavy (non-hydrogen) atoms. The van der Waals surface area contributed by atoms with Crippen LogP contribution in [0.25, 0.3) is 0 Å². The van der Waals surface area contributed by atoms with Gasteiger partial charge in [0.1, 0.15) is 36.6 Å². The molecule has 22 heteroatoms. The number of carbonyl (C=O) groups is 3. The lowest BCUT2D eigenvalue weighted by Gasteiger charge is -2.49. The fourth-order valence-corrected chi connectivity index (χ4v) is 6.66. The maximum atomic E-state index is 12.7. The summed E-state index contributed by atoms with van der Waals surface area (Å²) >= 11 is 0. The topological polar surface area (TPSA) is 381 Å². The van der Waals surface area contributed by atoms with Crippen LogP contribution in [0.4, 0.5) is 0 Å². The molecule has 18 atom stereocenters. The van der Waals surface area contributed by atoms with Gasteiger partial charge >= 0.3 is 17.9 Å². The van der Waals surface area contributed by atoms with Gasteiger partial charge in [-0.1, -0.05) is 20.8 Å². The van der Waals surface area contributed by atoms with E-state index >= 15 is 0 Å². The Morgan fingerprint density at radius 1 is 0.596 bits per heavy atom. The highest BCUT2D eigenvalue weighted by Gasteiger charge is 2.60. The van der Waals surface area contributed by atoms with Crippen LogP contribution in [0.2, 0.25) is 0 Å². The first-order chi connectivity index (χ1) is 24.0. The molecule has 0 bridgehead atoms. The summed E-state index contributed by atoms with van der Waals surface area (Å²) in [7, 11) is 0. The summed E-state index contributed by atoms with van der Waals surface area (Å²) in [5, 5.41) is 145. The van der Waals surface area contributed by atoms with Gasteiger partial charge < -0.3 is 95.2 Å². The van der Waals surface area contributed by atoms with Crippen molar-refractivity contribution in [3.8, 4) is 0 Å². The van der Waals surface area contributed by atoms with E-state index in [-0.39, 0.29) is 0 Å². The summed E-state index contributed by atoms with van der Waals surface area (Å²) in [5.74, 6) is -18.2. The molecule has 0 radical (unpaired) electrons. The minimum absolute atomic E-state index is 0.810. The molecule has 0 spiro atoms. The van der Waals surface area contributed by atoms with Crippen molar-refractivity contribution in [2.75, 3.05) is 19.8 Å². The molecular formula is C30H50O22. The van der Waals surface area contributed by atoms with Gasteiger partial charge in [-0.15, -0.1) is 0 Å². The third kappa shape index (κ3) is 8.67. The number of aliphatic hydroxyl groups excluding tert-OH is 10. The molecule has 0 aromatic rings. The van der Waals surface area contributed by atoms with Crippen LogP contribution in [0.3, 0.4) is 0 Å². The molecule has 0 aliphatic carbocycles. The molecule has 3 saturated heterocycles. The smallest absolute Gasteiger partial charge is 0.364 e. The summed E-state index contributed by atoms with van der Waals surface area (Å²) in [5.41, 5.74) is 0. The van der Waals surface area contributed by atoms with Crippen LogP contribution >= 0.6 is 0 Å². The summed E-state index contributed by atoms with van der Waals surface area (Å²) in [4.78, 5) is 36.9. The number of aliphatic hydroxyl groups is 11. The molecule has 302 valence electrons. The van der Waals surface area contributed by atoms with Crippen LogP contribution in [-0.2, 0) is 38.1 Å². The lowest BCUT2D eigenvalue weighted by Crippen LogP contribution is -2.66. The van der Waals surface area contributed by atoms with Crippen LogP contribution < -0.4 is 0 Å². The molecule has 3 fully saturated rings. The van der Waals surface area contributed by atoms with Crippen LogP contribution in [0.5, 0.6) is 0 Å². The molecule has 6 unspecified atom stereocenters. The molecule has 0 amide bonds. The third-order valence-electron chi connectivity index (χ3n) is 10.2. The van der Waals surface area contributed by atoms with E-state index in [9.17, 15) is 85.9 Å². The fraction of sp³-hybridized carbons (Fsp3) is 0.900. The normalized spacial score (nSPS) is 42.0. The van der Waals surface area contributed by atoms with Gasteiger partial charge in [-0.25, -0.2) is 14.4 Å². The van der Waals surface area contributed by atoms with Crippen LogP contribution in [0.1, 0.15) is 40.0 Å². The highest BCUT2D eigenvalue weighted by atomic mass is 16.8. The van der Waals surface area contributed by atoms with Gasteiger partial charge in [-0.2, -0.15) is 0 Å². The van der Waals surface area contributed by atoms with Gasteiger partial charge in [-0.05, 0) is 0 Å². The number of aliphatic carboxylic acids is 3. The molecule has 14 N–H and O–H groups in total. The number of carboxylic acid groups (broad SMARTS) is 3. The van der Waals surface area contributed by atoms with E-state index in [1.807, 2.05) is 0 Å². The van der Waals surface area contributed by atoms with E-state index in [0.717, 1.165) is 0 Å². The fourth-order valence-electron chi connectivity index (χ4n) is 6.66. The molecule has 0 saturated carbocycles. The maximum Gasteiger partial charge on any atom is 0.364 e. The number of rotatable bonds is 16. The van der Waals surface area contributed by atoms with E-state index in [1.54, 1.807) is 0 Å². The maximum absolute atomic E-state index is 12.7. The second kappa shape index (κ2) is 17.1. The van der Waals surface area contributed by atoms with E-state index in [1.165, 1.54) is 20.8 Å².